The summed E-state index contributed by atoms with van der Waals surface area (Å²) in [4.78, 5) is 0. The molecule has 3 aromatic rings. The van der Waals surface area contributed by atoms with E-state index in [1.807, 2.05) is 45.0 Å². The van der Waals surface area contributed by atoms with E-state index in [1.165, 1.54) is 5.56 Å². The SMILES string of the molecule is Cc1ccc(C(c2cc(C)ccc2O)c2cc(C)ccc2O)cc1. The number of phenolic OH excluding ortho intramolecular Hbond substituents is 2. The molecule has 0 aliphatic heterocycles. The molecule has 2 heteroatoms. The topological polar surface area (TPSA) is 40.5 Å². The Balaban J connectivity index is 2.26. The van der Waals surface area contributed by atoms with Gasteiger partial charge in [0.05, 0.1) is 0 Å². The van der Waals surface area contributed by atoms with Gasteiger partial charge in [0.1, 0.15) is 11.5 Å². The van der Waals surface area contributed by atoms with Crippen molar-refractivity contribution in [3.8, 4) is 11.5 Å². The summed E-state index contributed by atoms with van der Waals surface area (Å²) < 4.78 is 0. The van der Waals surface area contributed by atoms with Crippen molar-refractivity contribution >= 4 is 0 Å². The number of benzene rings is 3. The molecule has 3 aromatic carbocycles. The van der Waals surface area contributed by atoms with Crippen molar-refractivity contribution in [2.24, 2.45) is 0 Å². The molecule has 0 unspecified atom stereocenters. The number of aromatic hydroxyl groups is 2. The monoisotopic (exact) mass is 318 g/mol. The molecule has 0 aromatic heterocycles. The summed E-state index contributed by atoms with van der Waals surface area (Å²) in [5, 5.41) is 20.9. The molecular weight excluding hydrogens is 296 g/mol. The van der Waals surface area contributed by atoms with Crippen LogP contribution in [0.3, 0.4) is 0 Å². The summed E-state index contributed by atoms with van der Waals surface area (Å²) >= 11 is 0. The van der Waals surface area contributed by atoms with Gasteiger partial charge in [-0.15, -0.1) is 0 Å². The van der Waals surface area contributed by atoms with Gasteiger partial charge in [-0.2, -0.15) is 0 Å². The first-order chi connectivity index (χ1) is 11.5. The Hall–Kier alpha value is -2.74. The number of aryl methyl sites for hydroxylation is 3. The van der Waals surface area contributed by atoms with E-state index in [-0.39, 0.29) is 17.4 Å². The molecule has 122 valence electrons. The van der Waals surface area contributed by atoms with E-state index in [9.17, 15) is 10.2 Å². The van der Waals surface area contributed by atoms with Crippen molar-refractivity contribution in [1.29, 1.82) is 0 Å². The quantitative estimate of drug-likeness (QED) is 0.651. The first kappa shape index (κ1) is 16.1. The summed E-state index contributed by atoms with van der Waals surface area (Å²) in [7, 11) is 0. The number of hydrogen-bond acceptors (Lipinski definition) is 2. The molecule has 0 saturated carbocycles. The molecular formula is C22H22O2. The van der Waals surface area contributed by atoms with Crippen LogP contribution in [0.25, 0.3) is 0 Å². The lowest BCUT2D eigenvalue weighted by molar-refractivity contribution is 0.458. The maximum absolute atomic E-state index is 10.5. The predicted molar refractivity (Wildman–Crippen MR) is 97.8 cm³/mol. The molecule has 0 atom stereocenters. The second kappa shape index (κ2) is 6.40. The normalized spacial score (nSPS) is 11.0. The van der Waals surface area contributed by atoms with Crippen LogP contribution in [-0.2, 0) is 0 Å². The van der Waals surface area contributed by atoms with Gasteiger partial charge in [0.2, 0.25) is 0 Å². The fraction of sp³-hybridized carbons (Fsp3) is 0.182. The van der Waals surface area contributed by atoms with Gasteiger partial charge in [-0.3, -0.25) is 0 Å². The van der Waals surface area contributed by atoms with E-state index >= 15 is 0 Å². The molecule has 24 heavy (non-hydrogen) atoms. The van der Waals surface area contributed by atoms with E-state index in [2.05, 4.69) is 24.3 Å². The Morgan fingerprint density at radius 2 is 1.00 bits per heavy atom. The number of hydrogen-bond donors (Lipinski definition) is 2. The van der Waals surface area contributed by atoms with E-state index < -0.39 is 0 Å². The molecule has 0 radical (unpaired) electrons. The van der Waals surface area contributed by atoms with Gasteiger partial charge >= 0.3 is 0 Å². The summed E-state index contributed by atoms with van der Waals surface area (Å²) in [6, 6.07) is 19.4. The highest BCUT2D eigenvalue weighted by Crippen LogP contribution is 2.41. The largest absolute Gasteiger partial charge is 0.508 e. The number of rotatable bonds is 3. The third-order valence-corrected chi connectivity index (χ3v) is 4.40. The third-order valence-electron chi connectivity index (χ3n) is 4.40. The molecule has 0 fully saturated rings. The van der Waals surface area contributed by atoms with Gasteiger partial charge < -0.3 is 10.2 Å². The molecule has 0 aliphatic rings. The lowest BCUT2D eigenvalue weighted by atomic mass is 9.83. The fourth-order valence-electron chi connectivity index (χ4n) is 3.10. The highest BCUT2D eigenvalue weighted by atomic mass is 16.3. The van der Waals surface area contributed by atoms with Crippen LogP contribution in [0.15, 0.2) is 60.7 Å². The smallest absolute Gasteiger partial charge is 0.119 e. The van der Waals surface area contributed by atoms with Gasteiger partial charge in [0, 0.05) is 17.0 Å². The Bertz CT molecular complexity index is 812. The van der Waals surface area contributed by atoms with Crippen LogP contribution in [0.1, 0.15) is 39.3 Å². The molecule has 0 heterocycles. The van der Waals surface area contributed by atoms with Gasteiger partial charge in [0.25, 0.3) is 0 Å². The molecule has 3 rings (SSSR count). The fourth-order valence-corrected chi connectivity index (χ4v) is 3.10. The van der Waals surface area contributed by atoms with E-state index in [1.54, 1.807) is 12.1 Å². The predicted octanol–water partition coefficient (Wildman–Crippen LogP) is 5.20. The van der Waals surface area contributed by atoms with Crippen LogP contribution in [-0.4, -0.2) is 10.2 Å². The molecule has 0 bridgehead atoms. The van der Waals surface area contributed by atoms with Crippen molar-refractivity contribution in [1.82, 2.24) is 0 Å². The highest BCUT2D eigenvalue weighted by molar-refractivity contribution is 5.54. The maximum Gasteiger partial charge on any atom is 0.119 e. The molecule has 0 aliphatic carbocycles. The first-order valence-corrected chi connectivity index (χ1v) is 8.11. The van der Waals surface area contributed by atoms with E-state index in [4.69, 9.17) is 0 Å². The average Bonchev–Trinajstić information content (AvgIpc) is 2.56. The van der Waals surface area contributed by atoms with Crippen LogP contribution < -0.4 is 0 Å². The summed E-state index contributed by atoms with van der Waals surface area (Å²) in [5.41, 5.74) is 5.99. The zero-order valence-electron chi connectivity index (χ0n) is 14.2. The Kier molecular flexibility index (Phi) is 4.30. The van der Waals surface area contributed by atoms with Gasteiger partial charge in [-0.25, -0.2) is 0 Å². The van der Waals surface area contributed by atoms with Crippen molar-refractivity contribution in [2.45, 2.75) is 26.7 Å². The summed E-state index contributed by atoms with van der Waals surface area (Å²) in [6.45, 7) is 6.06. The van der Waals surface area contributed by atoms with Crippen molar-refractivity contribution < 1.29 is 10.2 Å². The van der Waals surface area contributed by atoms with E-state index in [0.29, 0.717) is 0 Å². The minimum absolute atomic E-state index is 0.217. The first-order valence-electron chi connectivity index (χ1n) is 8.11. The maximum atomic E-state index is 10.5. The zero-order chi connectivity index (χ0) is 17.3. The second-order valence-electron chi connectivity index (χ2n) is 6.47. The van der Waals surface area contributed by atoms with E-state index in [0.717, 1.165) is 27.8 Å². The van der Waals surface area contributed by atoms with Gasteiger partial charge in [0.15, 0.2) is 0 Å². The summed E-state index contributed by atoms with van der Waals surface area (Å²) in [5.74, 6) is 0.268. The molecule has 2 nitrogen and oxygen atoms in total. The van der Waals surface area contributed by atoms with Crippen LogP contribution in [0.2, 0.25) is 0 Å². The van der Waals surface area contributed by atoms with Crippen LogP contribution >= 0.6 is 0 Å². The van der Waals surface area contributed by atoms with Gasteiger partial charge in [-0.1, -0.05) is 65.2 Å². The second-order valence-corrected chi connectivity index (χ2v) is 6.47. The van der Waals surface area contributed by atoms with Crippen molar-refractivity contribution in [2.75, 3.05) is 0 Å². The molecule has 0 spiro atoms. The Morgan fingerprint density at radius 3 is 1.46 bits per heavy atom. The third kappa shape index (κ3) is 3.13. The Labute approximate surface area is 143 Å². The highest BCUT2D eigenvalue weighted by Gasteiger charge is 2.23. The Morgan fingerprint density at radius 1 is 0.583 bits per heavy atom. The van der Waals surface area contributed by atoms with Crippen molar-refractivity contribution in [3.63, 3.8) is 0 Å². The van der Waals surface area contributed by atoms with Crippen molar-refractivity contribution in [3.05, 3.63) is 94.0 Å². The van der Waals surface area contributed by atoms with Crippen LogP contribution in [0.4, 0.5) is 0 Å². The molecule has 0 saturated heterocycles. The lowest BCUT2D eigenvalue weighted by Gasteiger charge is -2.22. The van der Waals surface area contributed by atoms with Gasteiger partial charge in [-0.05, 0) is 38.5 Å². The molecule has 2 N–H and O–H groups in total. The van der Waals surface area contributed by atoms with Crippen LogP contribution in [0, 0.1) is 20.8 Å². The minimum atomic E-state index is -0.217. The molecule has 0 amide bonds. The zero-order valence-corrected chi connectivity index (χ0v) is 14.2. The average molecular weight is 318 g/mol. The van der Waals surface area contributed by atoms with Crippen LogP contribution in [0.5, 0.6) is 11.5 Å². The minimum Gasteiger partial charge on any atom is -0.508 e. The standard InChI is InChI=1S/C22H22O2/c1-14-4-8-17(9-5-14)22(18-12-15(2)6-10-20(18)23)19-13-16(3)7-11-21(19)24/h4-13,22-24H,1-3H3. The lowest BCUT2D eigenvalue weighted by Crippen LogP contribution is -2.05. The summed E-state index contributed by atoms with van der Waals surface area (Å²) in [6.07, 6.45) is 0. The number of phenols is 2.